The zero-order valence-corrected chi connectivity index (χ0v) is 18.7. The number of anilines is 2. The Morgan fingerprint density at radius 1 is 1.15 bits per heavy atom. The highest BCUT2D eigenvalue weighted by molar-refractivity contribution is 7.10. The molecule has 0 unspecified atom stereocenters. The van der Waals surface area contributed by atoms with Gasteiger partial charge in [-0.25, -0.2) is 14.4 Å². The van der Waals surface area contributed by atoms with Crippen molar-refractivity contribution in [3.63, 3.8) is 0 Å². The van der Waals surface area contributed by atoms with Gasteiger partial charge in [0.1, 0.15) is 5.82 Å². The summed E-state index contributed by atoms with van der Waals surface area (Å²) in [4.78, 5) is 35.1. The Morgan fingerprint density at radius 3 is 2.56 bits per heavy atom. The summed E-state index contributed by atoms with van der Waals surface area (Å²) in [5.41, 5.74) is 0.653. The summed E-state index contributed by atoms with van der Waals surface area (Å²) in [6.45, 7) is 3.17. The van der Waals surface area contributed by atoms with E-state index in [4.69, 9.17) is 0 Å². The van der Waals surface area contributed by atoms with Crippen LogP contribution in [-0.2, 0) is 30.5 Å². The molecule has 0 fully saturated rings. The molecule has 1 aromatic carbocycles. The summed E-state index contributed by atoms with van der Waals surface area (Å²) >= 11 is 1.39. The number of hydrogen-bond acceptors (Lipinski definition) is 6. The van der Waals surface area contributed by atoms with Crippen LogP contribution >= 0.6 is 11.3 Å². The van der Waals surface area contributed by atoms with E-state index in [0.717, 1.165) is 22.1 Å². The lowest BCUT2D eigenvalue weighted by Gasteiger charge is -2.27. The molecule has 0 saturated carbocycles. The minimum atomic E-state index is -4.72. The smallest absolute Gasteiger partial charge is 0.322 e. The van der Waals surface area contributed by atoms with Crippen molar-refractivity contribution in [2.75, 3.05) is 17.2 Å². The lowest BCUT2D eigenvalue weighted by atomic mass is 10.0. The Kier molecular flexibility index (Phi) is 6.62. The number of hydrogen-bond donors (Lipinski definition) is 2. The molecule has 2 N–H and O–H groups in total. The van der Waals surface area contributed by atoms with Crippen molar-refractivity contribution in [3.8, 4) is 0 Å². The number of rotatable bonds is 5. The number of aromatic nitrogens is 2. The van der Waals surface area contributed by atoms with Crippen LogP contribution in [0.3, 0.4) is 0 Å². The monoisotopic (exact) mass is 493 g/mol. The quantitative estimate of drug-likeness (QED) is 0.513. The predicted octanol–water partition coefficient (Wildman–Crippen LogP) is 4.47. The standard InChI is InChI=1S/C22H19F4N5O2S/c1-12(32)29-21-27-7-13(8-28-21)9-31-3-2-17-18(11-34-19(17)10-31)20(33)30-16-5-14(22(24,25)26)4-15(23)6-16/h4-8,11H,2-3,9-10H2,1H3,(H,30,33)(H,27,28,29,32). The van der Waals surface area contributed by atoms with Gasteiger partial charge in [-0.1, -0.05) is 0 Å². The van der Waals surface area contributed by atoms with Crippen molar-refractivity contribution in [1.29, 1.82) is 0 Å². The number of fused-ring (bicyclic) bond motifs is 1. The number of carbonyl (C=O) groups is 2. The van der Waals surface area contributed by atoms with Gasteiger partial charge < -0.3 is 5.32 Å². The summed E-state index contributed by atoms with van der Waals surface area (Å²) in [6.07, 6.45) is -0.879. The van der Waals surface area contributed by atoms with Crippen molar-refractivity contribution < 1.29 is 27.2 Å². The molecule has 1 aliphatic heterocycles. The molecule has 12 heteroatoms. The van der Waals surface area contributed by atoms with Gasteiger partial charge in [0.2, 0.25) is 11.9 Å². The van der Waals surface area contributed by atoms with E-state index >= 15 is 0 Å². The Hall–Kier alpha value is -3.38. The maximum atomic E-state index is 13.6. The third kappa shape index (κ3) is 5.57. The van der Waals surface area contributed by atoms with E-state index in [9.17, 15) is 27.2 Å². The van der Waals surface area contributed by atoms with Crippen LogP contribution in [0.4, 0.5) is 29.2 Å². The molecule has 7 nitrogen and oxygen atoms in total. The number of carbonyl (C=O) groups excluding carboxylic acids is 2. The molecular formula is C22H19F4N5O2S. The van der Waals surface area contributed by atoms with E-state index in [-0.39, 0.29) is 17.5 Å². The number of thiophene rings is 1. The molecule has 0 radical (unpaired) electrons. The fraction of sp³-hybridized carbons (Fsp3) is 0.273. The van der Waals surface area contributed by atoms with Gasteiger partial charge in [-0.2, -0.15) is 13.2 Å². The summed E-state index contributed by atoms with van der Waals surface area (Å²) < 4.78 is 52.5. The van der Waals surface area contributed by atoms with Crippen LogP contribution in [0.25, 0.3) is 0 Å². The molecule has 0 bridgehead atoms. The topological polar surface area (TPSA) is 87.2 Å². The molecule has 0 aliphatic carbocycles. The molecule has 1 aliphatic rings. The van der Waals surface area contributed by atoms with E-state index in [1.54, 1.807) is 17.8 Å². The fourth-order valence-corrected chi connectivity index (χ4v) is 4.77. The van der Waals surface area contributed by atoms with Gasteiger partial charge in [-0.3, -0.25) is 19.8 Å². The van der Waals surface area contributed by atoms with Crippen molar-refractivity contribution in [3.05, 3.63) is 68.9 Å². The molecule has 2 aromatic heterocycles. The first kappa shape index (κ1) is 23.8. The van der Waals surface area contributed by atoms with Gasteiger partial charge in [0.05, 0.1) is 11.1 Å². The van der Waals surface area contributed by atoms with Crippen LogP contribution in [0.1, 0.15) is 38.8 Å². The second kappa shape index (κ2) is 9.47. The SMILES string of the molecule is CC(=O)Nc1ncc(CN2CCc3c(C(=O)Nc4cc(F)cc(C(F)(F)F)c4)csc3C2)cn1. The summed E-state index contributed by atoms with van der Waals surface area (Å²) in [5.74, 6) is -1.69. The second-order valence-corrected chi connectivity index (χ2v) is 8.75. The predicted molar refractivity (Wildman–Crippen MR) is 118 cm³/mol. The van der Waals surface area contributed by atoms with E-state index in [1.165, 1.54) is 18.3 Å². The van der Waals surface area contributed by atoms with E-state index < -0.39 is 23.5 Å². The number of amides is 2. The highest BCUT2D eigenvalue weighted by Crippen LogP contribution is 2.33. The van der Waals surface area contributed by atoms with Gasteiger partial charge in [-0.15, -0.1) is 11.3 Å². The van der Waals surface area contributed by atoms with Crippen LogP contribution in [0.2, 0.25) is 0 Å². The molecule has 0 spiro atoms. The zero-order chi connectivity index (χ0) is 24.5. The van der Waals surface area contributed by atoms with E-state index in [1.807, 2.05) is 0 Å². The number of halogens is 4. The Morgan fingerprint density at radius 2 is 1.88 bits per heavy atom. The van der Waals surface area contributed by atoms with Crippen molar-refractivity contribution in [2.24, 2.45) is 0 Å². The summed E-state index contributed by atoms with van der Waals surface area (Å²) in [7, 11) is 0. The molecule has 0 saturated heterocycles. The van der Waals surface area contributed by atoms with Crippen molar-refractivity contribution in [2.45, 2.75) is 32.6 Å². The first-order valence-corrected chi connectivity index (χ1v) is 11.1. The van der Waals surface area contributed by atoms with Crippen LogP contribution in [0.5, 0.6) is 0 Å². The lowest BCUT2D eigenvalue weighted by molar-refractivity contribution is -0.137. The zero-order valence-electron chi connectivity index (χ0n) is 17.9. The Labute approximate surface area is 195 Å². The summed E-state index contributed by atoms with van der Waals surface area (Å²) in [5, 5.41) is 6.56. The van der Waals surface area contributed by atoms with Gasteiger partial charge in [0.25, 0.3) is 5.91 Å². The third-order valence-electron chi connectivity index (χ3n) is 5.15. The first-order valence-electron chi connectivity index (χ1n) is 10.2. The fourth-order valence-electron chi connectivity index (χ4n) is 3.65. The Bertz CT molecular complexity index is 1230. The minimum absolute atomic E-state index is 0.228. The van der Waals surface area contributed by atoms with E-state index in [2.05, 4.69) is 25.5 Å². The maximum Gasteiger partial charge on any atom is 0.416 e. The number of alkyl halides is 3. The average molecular weight is 493 g/mol. The molecular weight excluding hydrogens is 474 g/mol. The average Bonchev–Trinajstić information content (AvgIpc) is 3.17. The van der Waals surface area contributed by atoms with Crippen LogP contribution in [0.15, 0.2) is 36.0 Å². The van der Waals surface area contributed by atoms with E-state index in [0.29, 0.717) is 43.8 Å². The highest BCUT2D eigenvalue weighted by Gasteiger charge is 2.32. The normalized spacial score (nSPS) is 13.9. The minimum Gasteiger partial charge on any atom is -0.322 e. The van der Waals surface area contributed by atoms with Crippen molar-refractivity contribution >= 4 is 34.8 Å². The number of benzene rings is 1. The third-order valence-corrected chi connectivity index (χ3v) is 6.17. The van der Waals surface area contributed by atoms with Gasteiger partial charge in [0.15, 0.2) is 0 Å². The lowest BCUT2D eigenvalue weighted by Crippen LogP contribution is -2.30. The van der Waals surface area contributed by atoms with Crippen LogP contribution in [0, 0.1) is 5.82 Å². The molecule has 4 rings (SSSR count). The largest absolute Gasteiger partial charge is 0.416 e. The maximum absolute atomic E-state index is 13.6. The Balaban J connectivity index is 1.42. The molecule has 0 atom stereocenters. The van der Waals surface area contributed by atoms with Gasteiger partial charge >= 0.3 is 6.18 Å². The molecule has 3 aromatic rings. The van der Waals surface area contributed by atoms with Gasteiger partial charge in [-0.05, 0) is 30.2 Å². The van der Waals surface area contributed by atoms with Crippen LogP contribution < -0.4 is 10.6 Å². The number of nitrogens with one attached hydrogen (secondary N) is 2. The van der Waals surface area contributed by atoms with Gasteiger partial charge in [0, 0.05) is 60.5 Å². The molecule has 178 valence electrons. The molecule has 2 amide bonds. The van der Waals surface area contributed by atoms with Crippen molar-refractivity contribution in [1.82, 2.24) is 14.9 Å². The molecule has 34 heavy (non-hydrogen) atoms. The second-order valence-electron chi connectivity index (χ2n) is 7.79. The highest BCUT2D eigenvalue weighted by atomic mass is 32.1. The summed E-state index contributed by atoms with van der Waals surface area (Å²) in [6, 6.07) is 1.95. The first-order chi connectivity index (χ1) is 16.1. The number of nitrogens with zero attached hydrogens (tertiary/aromatic N) is 3. The molecule has 3 heterocycles. The van der Waals surface area contributed by atoms with Crippen LogP contribution in [-0.4, -0.2) is 33.2 Å².